The summed E-state index contributed by atoms with van der Waals surface area (Å²) in [5.74, 6) is 0.433. The Balaban J connectivity index is 4.35. The second kappa shape index (κ2) is 62.1. The van der Waals surface area contributed by atoms with Gasteiger partial charge in [0.25, 0.3) is 0 Å². The van der Waals surface area contributed by atoms with Crippen molar-refractivity contribution >= 4 is 11.9 Å². The number of hydrogen-bond acceptors (Lipinski definition) is 6. The van der Waals surface area contributed by atoms with E-state index in [-0.39, 0.29) is 23.8 Å². The summed E-state index contributed by atoms with van der Waals surface area (Å²) in [6, 6.07) is 0. The van der Waals surface area contributed by atoms with Crippen LogP contribution in [0.2, 0.25) is 0 Å². The molecule has 0 heterocycles. The Labute approximate surface area is 472 Å². The maximum atomic E-state index is 13.3. The molecule has 0 aliphatic heterocycles. The molecule has 0 aliphatic carbocycles. The number of ether oxygens (including phenoxy) is 2. The summed E-state index contributed by atoms with van der Waals surface area (Å²) in [5, 5.41) is 0. The molecule has 0 radical (unpaired) electrons. The van der Waals surface area contributed by atoms with Crippen LogP contribution in [0.1, 0.15) is 368 Å². The summed E-state index contributed by atoms with van der Waals surface area (Å²) < 4.78 is 11.9. The van der Waals surface area contributed by atoms with Crippen LogP contribution in [0.3, 0.4) is 0 Å². The number of carbonyl (C=O) groups is 2. The van der Waals surface area contributed by atoms with Crippen LogP contribution in [-0.2, 0) is 19.1 Å². The topological polar surface area (TPSA) is 59.1 Å². The number of hydrogen-bond donors (Lipinski definition) is 0. The van der Waals surface area contributed by atoms with Gasteiger partial charge in [-0.3, -0.25) is 9.59 Å². The van der Waals surface area contributed by atoms with Gasteiger partial charge in [-0.2, -0.15) is 0 Å². The molecule has 0 aromatic heterocycles. The largest absolute Gasteiger partial charge is 0.465 e. The highest BCUT2D eigenvalue weighted by atomic mass is 16.5. The van der Waals surface area contributed by atoms with E-state index in [0.717, 1.165) is 45.1 Å². The van der Waals surface area contributed by atoms with E-state index in [1.54, 1.807) is 0 Å². The number of nitrogens with zero attached hydrogens (tertiary/aromatic N) is 2. The van der Waals surface area contributed by atoms with E-state index in [9.17, 15) is 9.59 Å². The first-order chi connectivity index (χ1) is 36.9. The van der Waals surface area contributed by atoms with Crippen molar-refractivity contribution in [2.24, 2.45) is 11.8 Å². The molecule has 0 aromatic rings. The van der Waals surface area contributed by atoms with Crippen LogP contribution >= 0.6 is 0 Å². The third-order valence-corrected chi connectivity index (χ3v) is 16.6. The Morgan fingerprint density at radius 2 is 0.480 bits per heavy atom. The van der Waals surface area contributed by atoms with Gasteiger partial charge >= 0.3 is 11.9 Å². The molecule has 75 heavy (non-hydrogen) atoms. The molecule has 0 saturated heterocycles. The van der Waals surface area contributed by atoms with Gasteiger partial charge in [0.05, 0.1) is 25.0 Å². The summed E-state index contributed by atoms with van der Waals surface area (Å²) in [5.41, 5.74) is 0. The Kier molecular flexibility index (Phi) is 61.1. The van der Waals surface area contributed by atoms with E-state index in [4.69, 9.17) is 9.47 Å². The first-order valence-corrected chi connectivity index (χ1v) is 34.6. The summed E-state index contributed by atoms with van der Waals surface area (Å²) in [6.07, 6.45) is 68.1. The number of unbranched alkanes of at least 4 members (excludes halogenated alkanes) is 43. The third-order valence-electron chi connectivity index (χ3n) is 16.6. The van der Waals surface area contributed by atoms with E-state index in [1.807, 2.05) is 0 Å². The highest BCUT2D eigenvalue weighted by Crippen LogP contribution is 2.24. The fourth-order valence-electron chi connectivity index (χ4n) is 11.3. The van der Waals surface area contributed by atoms with Gasteiger partial charge < -0.3 is 19.3 Å². The standard InChI is InChI=1S/C69H138N2O4/c1-7-11-15-19-23-27-29-35-43-51-59-67(57-49-41-33-26-22-18-14-10-4)69(73)75-65-55-47-39-31-37-45-53-61-71(63-62-70(5)6)60-52-44-36-30-38-46-54-64-74-68(72)66(56-48-40-32-25-21-17-13-9-3)58-50-42-34-28-24-20-16-12-8-2/h66-67H,7-65H2,1-6H3. The quantitative estimate of drug-likeness (QED) is 0.0447. The lowest BCUT2D eigenvalue weighted by atomic mass is 9.94. The van der Waals surface area contributed by atoms with Gasteiger partial charge in [0.2, 0.25) is 0 Å². The van der Waals surface area contributed by atoms with Crippen LogP contribution in [-0.4, -0.2) is 75.2 Å². The molecule has 0 fully saturated rings. The predicted octanol–water partition coefficient (Wildman–Crippen LogP) is 21.9. The van der Waals surface area contributed by atoms with Crippen LogP contribution in [0.5, 0.6) is 0 Å². The molecule has 2 unspecified atom stereocenters. The molecule has 448 valence electrons. The van der Waals surface area contributed by atoms with Gasteiger partial charge in [-0.15, -0.1) is 0 Å². The summed E-state index contributed by atoms with van der Waals surface area (Å²) >= 11 is 0. The molecule has 0 rings (SSSR count). The summed E-state index contributed by atoms with van der Waals surface area (Å²) in [6.45, 7) is 15.1. The average Bonchev–Trinajstić information content (AvgIpc) is 3.40. The van der Waals surface area contributed by atoms with Crippen molar-refractivity contribution in [2.75, 3.05) is 53.5 Å². The minimum atomic E-state index is 0.101. The van der Waals surface area contributed by atoms with Crippen molar-refractivity contribution in [2.45, 2.75) is 368 Å². The number of carbonyl (C=O) groups excluding carboxylic acids is 2. The molecule has 0 aliphatic rings. The molecular weight excluding hydrogens is 921 g/mol. The molecular formula is C69H138N2O4. The van der Waals surface area contributed by atoms with E-state index in [1.165, 1.54) is 321 Å². The normalized spacial score (nSPS) is 12.6. The van der Waals surface area contributed by atoms with Crippen LogP contribution in [0.4, 0.5) is 0 Å². The second-order valence-corrected chi connectivity index (χ2v) is 24.4. The smallest absolute Gasteiger partial charge is 0.308 e. The zero-order valence-electron chi connectivity index (χ0n) is 52.4. The van der Waals surface area contributed by atoms with Crippen molar-refractivity contribution in [1.29, 1.82) is 0 Å². The zero-order valence-corrected chi connectivity index (χ0v) is 52.4. The van der Waals surface area contributed by atoms with E-state index in [2.05, 4.69) is 51.6 Å². The Hall–Kier alpha value is -1.14. The molecule has 0 amide bonds. The van der Waals surface area contributed by atoms with E-state index >= 15 is 0 Å². The van der Waals surface area contributed by atoms with Crippen molar-refractivity contribution in [3.8, 4) is 0 Å². The highest BCUT2D eigenvalue weighted by molar-refractivity contribution is 5.72. The Morgan fingerprint density at radius 1 is 0.267 bits per heavy atom. The average molecular weight is 1060 g/mol. The molecule has 6 nitrogen and oxygen atoms in total. The van der Waals surface area contributed by atoms with Crippen LogP contribution < -0.4 is 0 Å². The van der Waals surface area contributed by atoms with Gasteiger partial charge in [0.15, 0.2) is 0 Å². The summed E-state index contributed by atoms with van der Waals surface area (Å²) in [7, 11) is 4.40. The van der Waals surface area contributed by atoms with E-state index < -0.39 is 0 Å². The maximum Gasteiger partial charge on any atom is 0.308 e. The minimum absolute atomic E-state index is 0.101. The second-order valence-electron chi connectivity index (χ2n) is 24.4. The first-order valence-electron chi connectivity index (χ1n) is 34.6. The number of likely N-dealkylation sites (N-methyl/N-ethyl adjacent to an activating group) is 1. The van der Waals surface area contributed by atoms with Crippen LogP contribution in [0.15, 0.2) is 0 Å². The van der Waals surface area contributed by atoms with Crippen LogP contribution in [0, 0.1) is 11.8 Å². The fourth-order valence-corrected chi connectivity index (χ4v) is 11.3. The van der Waals surface area contributed by atoms with E-state index in [0.29, 0.717) is 13.2 Å². The SMILES string of the molecule is CCCCCCCCCCCCC(CCCCCCCCCC)C(=O)OCCCCCCCCCN(CCCCCCCCCOC(=O)C(CCCCCCCCCC)CCCCCCCCCCC)CCN(C)C. The lowest BCUT2D eigenvalue weighted by molar-refractivity contribution is -0.150. The lowest BCUT2D eigenvalue weighted by Crippen LogP contribution is -2.33. The predicted molar refractivity (Wildman–Crippen MR) is 331 cm³/mol. The van der Waals surface area contributed by atoms with Gasteiger partial charge in [-0.1, -0.05) is 317 Å². The van der Waals surface area contributed by atoms with Gasteiger partial charge in [0.1, 0.15) is 0 Å². The Morgan fingerprint density at radius 3 is 0.720 bits per heavy atom. The molecule has 0 bridgehead atoms. The fraction of sp³-hybridized carbons (Fsp3) is 0.971. The van der Waals surface area contributed by atoms with Crippen molar-refractivity contribution < 1.29 is 19.1 Å². The van der Waals surface area contributed by atoms with Gasteiger partial charge in [0, 0.05) is 13.1 Å². The minimum Gasteiger partial charge on any atom is -0.465 e. The molecule has 0 aromatic carbocycles. The molecule has 0 N–H and O–H groups in total. The molecule has 0 spiro atoms. The molecule has 6 heteroatoms. The lowest BCUT2D eigenvalue weighted by Gasteiger charge is -2.24. The first kappa shape index (κ1) is 73.9. The monoisotopic (exact) mass is 1060 g/mol. The van der Waals surface area contributed by atoms with Crippen molar-refractivity contribution in [3.05, 3.63) is 0 Å². The van der Waals surface area contributed by atoms with Crippen LogP contribution in [0.25, 0.3) is 0 Å². The van der Waals surface area contributed by atoms with Crippen molar-refractivity contribution in [3.63, 3.8) is 0 Å². The third kappa shape index (κ3) is 56.0. The summed E-state index contributed by atoms with van der Waals surface area (Å²) in [4.78, 5) is 31.6. The van der Waals surface area contributed by atoms with Crippen molar-refractivity contribution in [1.82, 2.24) is 9.80 Å². The van der Waals surface area contributed by atoms with Gasteiger partial charge in [-0.25, -0.2) is 0 Å². The zero-order chi connectivity index (χ0) is 54.6. The van der Waals surface area contributed by atoms with Gasteiger partial charge in [-0.05, 0) is 78.6 Å². The maximum absolute atomic E-state index is 13.3. The number of esters is 2. The molecule has 2 atom stereocenters. The Bertz CT molecular complexity index is 1120. The highest BCUT2D eigenvalue weighted by Gasteiger charge is 2.21. The number of rotatable bonds is 64. The molecule has 0 saturated carbocycles.